The van der Waals surface area contributed by atoms with Crippen molar-refractivity contribution in [3.05, 3.63) is 0 Å². The lowest BCUT2D eigenvalue weighted by molar-refractivity contribution is -0.104. The minimum absolute atomic E-state index is 0.0930. The highest BCUT2D eigenvalue weighted by Crippen LogP contribution is 2.18. The van der Waals surface area contributed by atoms with Crippen molar-refractivity contribution in [3.8, 4) is 0 Å². The van der Waals surface area contributed by atoms with Crippen molar-refractivity contribution in [2.45, 2.75) is 51.6 Å². The molecule has 0 saturated heterocycles. The Bertz CT molecular complexity index is 283. The number of alkyl halides is 1. The Hall–Kier alpha value is -0.920. The van der Waals surface area contributed by atoms with Gasteiger partial charge in [0.15, 0.2) is 0 Å². The Kier molecular flexibility index (Phi) is 7.25. The van der Waals surface area contributed by atoms with Gasteiger partial charge < -0.3 is 25.7 Å². The number of halogens is 1. The summed E-state index contributed by atoms with van der Waals surface area (Å²) in [6.07, 6.45) is -1.57. The third-order valence-corrected chi connectivity index (χ3v) is 2.73. The van der Waals surface area contributed by atoms with Crippen LogP contribution < -0.4 is 11.5 Å². The lowest BCUT2D eigenvalue weighted by Gasteiger charge is -2.30. The molecule has 19 heavy (non-hydrogen) atoms. The maximum Gasteiger partial charge on any atom is 0.404 e. The molecule has 0 aromatic carbocycles. The number of primary amides is 1. The first-order valence-corrected chi connectivity index (χ1v) is 6.20. The average Bonchev–Trinajstić information content (AvgIpc) is 2.23. The summed E-state index contributed by atoms with van der Waals surface area (Å²) in [7, 11) is 0. The second kappa shape index (κ2) is 7.62. The predicted octanol–water partition coefficient (Wildman–Crippen LogP) is 1.32. The molecule has 0 heterocycles. The van der Waals surface area contributed by atoms with Gasteiger partial charge in [0.1, 0.15) is 18.5 Å². The van der Waals surface area contributed by atoms with Crippen molar-refractivity contribution in [2.75, 3.05) is 19.8 Å². The topological polar surface area (TPSA) is 96.8 Å². The van der Waals surface area contributed by atoms with Crippen LogP contribution in [0.25, 0.3) is 0 Å². The molecule has 114 valence electrons. The van der Waals surface area contributed by atoms with Crippen molar-refractivity contribution in [2.24, 2.45) is 11.5 Å². The molecule has 4 N–H and O–H groups in total. The standard InChI is InChI=1S/C12H25FN2O4/c1-9(13)12(4,15)19-6-5-11(2,3)18-8-7-17-10(14)16/h9H,5-8,15H2,1-4H3,(H2,14,16). The molecule has 0 aromatic rings. The maximum absolute atomic E-state index is 13.1. The Morgan fingerprint density at radius 3 is 2.26 bits per heavy atom. The van der Waals surface area contributed by atoms with Crippen LogP contribution in [0, 0.1) is 0 Å². The van der Waals surface area contributed by atoms with Gasteiger partial charge in [0, 0.05) is 0 Å². The van der Waals surface area contributed by atoms with Crippen LogP contribution in [0.2, 0.25) is 0 Å². The Labute approximate surface area is 113 Å². The number of hydrogen-bond donors (Lipinski definition) is 2. The number of carbonyl (C=O) groups is 1. The molecular formula is C12H25FN2O4. The minimum atomic E-state index is -1.30. The van der Waals surface area contributed by atoms with E-state index in [1.807, 2.05) is 13.8 Å². The van der Waals surface area contributed by atoms with Crippen LogP contribution in [0.15, 0.2) is 0 Å². The van der Waals surface area contributed by atoms with E-state index in [0.717, 1.165) is 0 Å². The van der Waals surface area contributed by atoms with E-state index < -0.39 is 23.6 Å². The van der Waals surface area contributed by atoms with E-state index in [9.17, 15) is 9.18 Å². The Balaban J connectivity index is 3.87. The largest absolute Gasteiger partial charge is 0.447 e. The number of nitrogens with two attached hydrogens (primary N) is 2. The number of hydrogen-bond acceptors (Lipinski definition) is 5. The molecule has 0 bridgehead atoms. The second-order valence-corrected chi connectivity index (χ2v) is 5.17. The van der Waals surface area contributed by atoms with E-state index in [2.05, 4.69) is 4.74 Å². The fourth-order valence-electron chi connectivity index (χ4n) is 1.16. The van der Waals surface area contributed by atoms with E-state index >= 15 is 0 Å². The van der Waals surface area contributed by atoms with Crippen molar-refractivity contribution >= 4 is 6.09 Å². The number of carbonyl (C=O) groups excluding carboxylic acids is 1. The highest BCUT2D eigenvalue weighted by atomic mass is 19.1. The first-order valence-electron chi connectivity index (χ1n) is 6.20. The molecule has 0 spiro atoms. The Morgan fingerprint density at radius 1 is 1.21 bits per heavy atom. The summed E-state index contributed by atoms with van der Waals surface area (Å²) < 4.78 is 28.4. The summed E-state index contributed by atoms with van der Waals surface area (Å²) in [6, 6.07) is 0. The summed E-state index contributed by atoms with van der Waals surface area (Å²) in [4.78, 5) is 10.3. The zero-order valence-electron chi connectivity index (χ0n) is 12.1. The summed E-state index contributed by atoms with van der Waals surface area (Å²) in [5.74, 6) is 0. The van der Waals surface area contributed by atoms with Crippen LogP contribution in [0.1, 0.15) is 34.1 Å². The smallest absolute Gasteiger partial charge is 0.404 e. The van der Waals surface area contributed by atoms with Gasteiger partial charge >= 0.3 is 6.09 Å². The molecule has 2 unspecified atom stereocenters. The quantitative estimate of drug-likeness (QED) is 0.490. The van der Waals surface area contributed by atoms with Crippen LogP contribution >= 0.6 is 0 Å². The summed E-state index contributed by atoms with van der Waals surface area (Å²) in [6.45, 7) is 7.14. The van der Waals surface area contributed by atoms with Gasteiger partial charge in [-0.25, -0.2) is 9.18 Å². The molecular weight excluding hydrogens is 255 g/mol. The molecule has 0 aliphatic heterocycles. The fourth-order valence-corrected chi connectivity index (χ4v) is 1.16. The van der Waals surface area contributed by atoms with Crippen LogP contribution in [-0.4, -0.2) is 43.4 Å². The molecule has 0 radical (unpaired) electrons. The Morgan fingerprint density at radius 2 is 1.79 bits per heavy atom. The van der Waals surface area contributed by atoms with Crippen molar-refractivity contribution in [1.29, 1.82) is 0 Å². The number of ether oxygens (including phenoxy) is 3. The van der Waals surface area contributed by atoms with Crippen LogP contribution in [-0.2, 0) is 14.2 Å². The van der Waals surface area contributed by atoms with Crippen molar-refractivity contribution in [1.82, 2.24) is 0 Å². The minimum Gasteiger partial charge on any atom is -0.447 e. The number of rotatable bonds is 9. The van der Waals surface area contributed by atoms with Crippen molar-refractivity contribution < 1.29 is 23.4 Å². The van der Waals surface area contributed by atoms with E-state index in [-0.39, 0.29) is 19.8 Å². The summed E-state index contributed by atoms with van der Waals surface area (Å²) in [5.41, 5.74) is 8.66. The van der Waals surface area contributed by atoms with Gasteiger partial charge in [0.2, 0.25) is 0 Å². The summed E-state index contributed by atoms with van der Waals surface area (Å²) >= 11 is 0. The zero-order chi connectivity index (χ0) is 15.1. The fraction of sp³-hybridized carbons (Fsp3) is 0.917. The van der Waals surface area contributed by atoms with E-state index in [4.69, 9.17) is 20.9 Å². The van der Waals surface area contributed by atoms with Gasteiger partial charge in [-0.1, -0.05) is 0 Å². The van der Waals surface area contributed by atoms with Crippen molar-refractivity contribution in [3.63, 3.8) is 0 Å². The molecule has 2 atom stereocenters. The van der Waals surface area contributed by atoms with Crippen LogP contribution in [0.3, 0.4) is 0 Å². The molecule has 0 fully saturated rings. The first kappa shape index (κ1) is 18.1. The molecule has 7 heteroatoms. The maximum atomic E-state index is 13.1. The molecule has 0 aliphatic rings. The number of amides is 1. The third kappa shape index (κ3) is 8.74. The van der Waals surface area contributed by atoms with Crippen LogP contribution in [0.4, 0.5) is 9.18 Å². The average molecular weight is 280 g/mol. The molecule has 0 saturated carbocycles. The molecule has 0 rings (SSSR count). The normalized spacial score (nSPS) is 16.7. The molecule has 0 aromatic heterocycles. The van der Waals surface area contributed by atoms with Gasteiger partial charge in [0.05, 0.1) is 18.8 Å². The summed E-state index contributed by atoms with van der Waals surface area (Å²) in [5, 5.41) is 0. The lowest BCUT2D eigenvalue weighted by atomic mass is 10.1. The van der Waals surface area contributed by atoms with E-state index in [0.29, 0.717) is 6.42 Å². The van der Waals surface area contributed by atoms with Gasteiger partial charge in [-0.3, -0.25) is 0 Å². The van der Waals surface area contributed by atoms with E-state index in [1.54, 1.807) is 0 Å². The third-order valence-electron chi connectivity index (χ3n) is 2.73. The second-order valence-electron chi connectivity index (χ2n) is 5.17. The molecule has 1 amide bonds. The van der Waals surface area contributed by atoms with Gasteiger partial charge in [0.25, 0.3) is 0 Å². The monoisotopic (exact) mass is 280 g/mol. The van der Waals surface area contributed by atoms with Gasteiger partial charge in [-0.05, 0) is 34.1 Å². The van der Waals surface area contributed by atoms with E-state index in [1.165, 1.54) is 13.8 Å². The highest BCUT2D eigenvalue weighted by molar-refractivity contribution is 5.64. The SMILES string of the molecule is CC(F)C(C)(N)OCCC(C)(C)OCCOC(N)=O. The zero-order valence-corrected chi connectivity index (χ0v) is 12.1. The highest BCUT2D eigenvalue weighted by Gasteiger charge is 2.28. The lowest BCUT2D eigenvalue weighted by Crippen LogP contribution is -2.48. The molecule has 0 aliphatic carbocycles. The predicted molar refractivity (Wildman–Crippen MR) is 69.3 cm³/mol. The molecule has 6 nitrogen and oxygen atoms in total. The van der Waals surface area contributed by atoms with Gasteiger partial charge in [-0.2, -0.15) is 0 Å². The first-order chi connectivity index (χ1) is 8.57. The van der Waals surface area contributed by atoms with Gasteiger partial charge in [-0.15, -0.1) is 0 Å². The van der Waals surface area contributed by atoms with Crippen LogP contribution in [0.5, 0.6) is 0 Å².